The van der Waals surface area contributed by atoms with E-state index in [0.29, 0.717) is 11.4 Å². The van der Waals surface area contributed by atoms with E-state index >= 15 is 0 Å². The fourth-order valence-electron chi connectivity index (χ4n) is 2.40. The van der Waals surface area contributed by atoms with Gasteiger partial charge in [-0.05, 0) is 42.5 Å². The highest BCUT2D eigenvalue weighted by Crippen LogP contribution is 2.34. The summed E-state index contributed by atoms with van der Waals surface area (Å²) in [6, 6.07) is 10.0. The molecule has 3 aromatic rings. The number of hydrogen-bond acceptors (Lipinski definition) is 4. The molecule has 0 radical (unpaired) electrons. The van der Waals surface area contributed by atoms with Crippen molar-refractivity contribution in [1.82, 2.24) is 9.97 Å². The van der Waals surface area contributed by atoms with E-state index in [-0.39, 0.29) is 16.7 Å². The monoisotopic (exact) mass is 351 g/mol. The molecule has 0 amide bonds. The second-order valence-electron chi connectivity index (χ2n) is 5.29. The van der Waals surface area contributed by atoms with Crippen molar-refractivity contribution in [2.45, 2.75) is 6.18 Å². The van der Waals surface area contributed by atoms with Gasteiger partial charge in [0.05, 0.1) is 12.6 Å². The molecule has 8 heteroatoms. The first kappa shape index (κ1) is 16.9. The van der Waals surface area contributed by atoms with Crippen molar-refractivity contribution in [3.05, 3.63) is 54.1 Å². The van der Waals surface area contributed by atoms with Crippen molar-refractivity contribution in [3.63, 3.8) is 0 Å². The van der Waals surface area contributed by atoms with Crippen molar-refractivity contribution in [1.29, 1.82) is 0 Å². The summed E-state index contributed by atoms with van der Waals surface area (Å²) in [4.78, 5) is 8.57. The van der Waals surface area contributed by atoms with Gasteiger partial charge >= 0.3 is 6.18 Å². The van der Waals surface area contributed by atoms with Crippen molar-refractivity contribution in [2.75, 3.05) is 19.1 Å². The van der Waals surface area contributed by atoms with Crippen LogP contribution in [0, 0.1) is 5.82 Å². The number of hydrogen-bond donors (Lipinski definition) is 0. The third kappa shape index (κ3) is 3.33. The normalized spacial score (nSPS) is 11.6. The second kappa shape index (κ2) is 6.19. The summed E-state index contributed by atoms with van der Waals surface area (Å²) in [6.45, 7) is 0. The number of anilines is 2. The second-order valence-corrected chi connectivity index (χ2v) is 5.29. The molecule has 25 heavy (non-hydrogen) atoms. The van der Waals surface area contributed by atoms with Gasteiger partial charge in [0, 0.05) is 18.1 Å². The van der Waals surface area contributed by atoms with E-state index in [4.69, 9.17) is 4.74 Å². The Morgan fingerprint density at radius 1 is 1.00 bits per heavy atom. The molecule has 0 fully saturated rings. The molecule has 2 aromatic carbocycles. The van der Waals surface area contributed by atoms with Gasteiger partial charge < -0.3 is 9.64 Å². The van der Waals surface area contributed by atoms with Crippen LogP contribution in [0.5, 0.6) is 5.75 Å². The summed E-state index contributed by atoms with van der Waals surface area (Å²) in [5.41, 5.74) is 0.581. The van der Waals surface area contributed by atoms with Gasteiger partial charge in [-0.15, -0.1) is 0 Å². The maximum Gasteiger partial charge on any atom is 0.451 e. The third-order valence-electron chi connectivity index (χ3n) is 3.67. The Hall–Kier alpha value is -2.90. The Balaban J connectivity index is 2.19. The molecule has 3 rings (SSSR count). The molecular weight excluding hydrogens is 338 g/mol. The number of methoxy groups -OCH3 is 1. The molecule has 0 saturated carbocycles. The molecule has 0 aliphatic carbocycles. The lowest BCUT2D eigenvalue weighted by Crippen LogP contribution is -2.17. The summed E-state index contributed by atoms with van der Waals surface area (Å²) in [7, 11) is 3.06. The Bertz CT molecular complexity index is 910. The molecule has 1 aromatic heterocycles. The van der Waals surface area contributed by atoms with Crippen LogP contribution in [0.1, 0.15) is 5.82 Å². The number of aromatic nitrogens is 2. The molecule has 0 aliphatic rings. The van der Waals surface area contributed by atoms with Crippen LogP contribution >= 0.6 is 0 Å². The van der Waals surface area contributed by atoms with Gasteiger partial charge in [-0.3, -0.25) is 0 Å². The number of alkyl halides is 3. The zero-order chi connectivity index (χ0) is 18.2. The highest BCUT2D eigenvalue weighted by atomic mass is 19.4. The summed E-state index contributed by atoms with van der Waals surface area (Å²) >= 11 is 0. The number of benzene rings is 2. The molecule has 0 N–H and O–H groups in total. The lowest BCUT2D eigenvalue weighted by molar-refractivity contribution is -0.144. The van der Waals surface area contributed by atoms with Crippen molar-refractivity contribution < 1.29 is 22.3 Å². The van der Waals surface area contributed by atoms with Crippen LogP contribution in [-0.4, -0.2) is 24.1 Å². The summed E-state index contributed by atoms with van der Waals surface area (Å²) in [6.07, 6.45) is -4.71. The van der Waals surface area contributed by atoms with E-state index < -0.39 is 17.8 Å². The summed E-state index contributed by atoms with van der Waals surface area (Å²) in [5.74, 6) is -1.30. The number of ether oxygens (including phenoxy) is 1. The van der Waals surface area contributed by atoms with Gasteiger partial charge in [0.1, 0.15) is 17.4 Å². The summed E-state index contributed by atoms with van der Waals surface area (Å²) in [5, 5.41) is 0.186. The van der Waals surface area contributed by atoms with Gasteiger partial charge in [-0.2, -0.15) is 13.2 Å². The molecule has 0 aliphatic heterocycles. The Kier molecular flexibility index (Phi) is 4.20. The number of nitrogens with zero attached hydrogens (tertiary/aromatic N) is 3. The van der Waals surface area contributed by atoms with E-state index in [1.54, 1.807) is 31.3 Å². The molecule has 0 unspecified atom stereocenters. The minimum atomic E-state index is -4.71. The van der Waals surface area contributed by atoms with Crippen LogP contribution in [0.3, 0.4) is 0 Å². The Morgan fingerprint density at radius 3 is 2.28 bits per heavy atom. The minimum Gasteiger partial charge on any atom is -0.497 e. The average molecular weight is 351 g/mol. The van der Waals surface area contributed by atoms with E-state index in [9.17, 15) is 17.6 Å². The number of fused-ring (bicyclic) bond motifs is 1. The van der Waals surface area contributed by atoms with Gasteiger partial charge in [0.15, 0.2) is 0 Å². The number of halogens is 4. The molecular formula is C17H13F4N3O. The van der Waals surface area contributed by atoms with Crippen molar-refractivity contribution in [3.8, 4) is 5.75 Å². The zero-order valence-electron chi connectivity index (χ0n) is 13.3. The molecule has 4 nitrogen and oxygen atoms in total. The standard InChI is InChI=1S/C17H13F4N3O/c1-24(11-4-6-12(25-2)7-5-11)15-13-9-10(18)3-8-14(13)22-16(23-15)17(19,20)21/h3-9H,1-2H3. The molecule has 0 saturated heterocycles. The van der Waals surface area contributed by atoms with E-state index in [2.05, 4.69) is 9.97 Å². The van der Waals surface area contributed by atoms with E-state index in [1.165, 1.54) is 18.1 Å². The SMILES string of the molecule is COc1ccc(N(C)c2nc(C(F)(F)F)nc3ccc(F)cc23)cc1. The van der Waals surface area contributed by atoms with Gasteiger partial charge in [-0.25, -0.2) is 14.4 Å². The van der Waals surface area contributed by atoms with Crippen molar-refractivity contribution in [2.24, 2.45) is 0 Å². The van der Waals surface area contributed by atoms with E-state index in [1.807, 2.05) is 0 Å². The smallest absolute Gasteiger partial charge is 0.451 e. The molecule has 0 bridgehead atoms. The highest BCUT2D eigenvalue weighted by molar-refractivity contribution is 5.91. The highest BCUT2D eigenvalue weighted by Gasteiger charge is 2.36. The fourth-order valence-corrected chi connectivity index (χ4v) is 2.40. The quantitative estimate of drug-likeness (QED) is 0.648. The predicted octanol–water partition coefficient (Wildman–Crippen LogP) is 4.56. The zero-order valence-corrected chi connectivity index (χ0v) is 13.3. The lowest BCUT2D eigenvalue weighted by Gasteiger charge is -2.21. The Morgan fingerprint density at radius 2 is 1.68 bits per heavy atom. The average Bonchev–Trinajstić information content (AvgIpc) is 2.59. The molecule has 1 heterocycles. The van der Waals surface area contributed by atoms with Gasteiger partial charge in [-0.1, -0.05) is 0 Å². The maximum absolute atomic E-state index is 13.6. The fraction of sp³-hybridized carbons (Fsp3) is 0.176. The maximum atomic E-state index is 13.6. The first-order valence-electron chi connectivity index (χ1n) is 7.22. The Labute approximate surface area is 140 Å². The van der Waals surface area contributed by atoms with Gasteiger partial charge in [0.2, 0.25) is 5.82 Å². The largest absolute Gasteiger partial charge is 0.497 e. The van der Waals surface area contributed by atoms with Crippen LogP contribution in [0.4, 0.5) is 29.1 Å². The van der Waals surface area contributed by atoms with E-state index in [0.717, 1.165) is 12.1 Å². The molecule has 0 atom stereocenters. The van der Waals surface area contributed by atoms with Crippen LogP contribution < -0.4 is 9.64 Å². The molecule has 130 valence electrons. The summed E-state index contributed by atoms with van der Waals surface area (Å²) < 4.78 is 58.0. The third-order valence-corrected chi connectivity index (χ3v) is 3.67. The van der Waals surface area contributed by atoms with Crippen LogP contribution in [0.2, 0.25) is 0 Å². The number of rotatable bonds is 3. The van der Waals surface area contributed by atoms with Crippen LogP contribution in [-0.2, 0) is 6.18 Å². The predicted molar refractivity (Wildman–Crippen MR) is 85.6 cm³/mol. The van der Waals surface area contributed by atoms with Crippen molar-refractivity contribution >= 4 is 22.4 Å². The topological polar surface area (TPSA) is 38.2 Å². The van der Waals surface area contributed by atoms with Crippen LogP contribution in [0.15, 0.2) is 42.5 Å². The van der Waals surface area contributed by atoms with Gasteiger partial charge in [0.25, 0.3) is 0 Å². The minimum absolute atomic E-state index is 0.0130. The molecule has 0 spiro atoms. The first-order chi connectivity index (χ1) is 11.8. The lowest BCUT2D eigenvalue weighted by atomic mass is 10.2. The van der Waals surface area contributed by atoms with Crippen LogP contribution in [0.25, 0.3) is 10.9 Å². The first-order valence-corrected chi connectivity index (χ1v) is 7.22.